The molecule has 2 atom stereocenters. The van der Waals surface area contributed by atoms with Gasteiger partial charge in [-0.2, -0.15) is 0 Å². The average molecular weight is 346 g/mol. The fraction of sp³-hybridized carbons (Fsp3) is 0.353. The third-order valence-electron chi connectivity index (χ3n) is 4.03. The smallest absolute Gasteiger partial charge is 0.287 e. The number of nitrogens with zero attached hydrogens (tertiary/aromatic N) is 1. The summed E-state index contributed by atoms with van der Waals surface area (Å²) in [5, 5.41) is 5.78. The first-order valence-corrected chi connectivity index (χ1v) is 8.08. The van der Waals surface area contributed by atoms with Gasteiger partial charge in [-0.15, -0.1) is 0 Å². The summed E-state index contributed by atoms with van der Waals surface area (Å²) in [6.07, 6.45) is 5.35. The van der Waals surface area contributed by atoms with Crippen molar-refractivity contribution in [1.29, 1.82) is 0 Å². The van der Waals surface area contributed by atoms with E-state index in [1.165, 1.54) is 30.5 Å². The first kappa shape index (κ1) is 16.9. The third-order valence-corrected chi connectivity index (χ3v) is 4.03. The maximum absolute atomic E-state index is 12.8. The van der Waals surface area contributed by atoms with E-state index in [2.05, 4.69) is 20.6 Å². The number of rotatable bonds is 6. The number of carbonyl (C=O) groups is 2. The van der Waals surface area contributed by atoms with Crippen molar-refractivity contribution in [2.45, 2.75) is 31.3 Å². The van der Waals surface area contributed by atoms with Crippen LogP contribution in [0.3, 0.4) is 0 Å². The van der Waals surface area contributed by atoms with Gasteiger partial charge < -0.3 is 20.4 Å². The Bertz CT molecular complexity index is 718. The molecule has 0 radical (unpaired) electrons. The maximum atomic E-state index is 12.8. The van der Waals surface area contributed by atoms with E-state index in [0.29, 0.717) is 12.2 Å². The summed E-state index contributed by atoms with van der Waals surface area (Å²) in [4.78, 5) is 30.5. The second-order valence-corrected chi connectivity index (χ2v) is 5.93. The fourth-order valence-electron chi connectivity index (χ4n) is 2.84. The first-order valence-electron chi connectivity index (χ1n) is 8.08. The van der Waals surface area contributed by atoms with Gasteiger partial charge in [-0.25, -0.2) is 9.37 Å². The van der Waals surface area contributed by atoms with Crippen LogP contribution in [0.5, 0.6) is 5.75 Å². The minimum Gasteiger partial charge on any atom is -0.484 e. The van der Waals surface area contributed by atoms with E-state index in [4.69, 9.17) is 4.74 Å². The number of ether oxygens (including phenoxy) is 1. The largest absolute Gasteiger partial charge is 0.484 e. The molecule has 3 rings (SSSR count). The molecule has 25 heavy (non-hydrogen) atoms. The van der Waals surface area contributed by atoms with Crippen LogP contribution in [0.1, 0.15) is 29.9 Å². The number of amides is 2. The lowest BCUT2D eigenvalue weighted by molar-refractivity contribution is -0.123. The van der Waals surface area contributed by atoms with Crippen molar-refractivity contribution in [3.05, 3.63) is 48.3 Å². The summed E-state index contributed by atoms with van der Waals surface area (Å²) in [7, 11) is 0. The summed E-state index contributed by atoms with van der Waals surface area (Å²) in [5.74, 6) is -0.133. The van der Waals surface area contributed by atoms with Crippen molar-refractivity contribution in [3.8, 4) is 5.75 Å². The minimum absolute atomic E-state index is 0.000849. The van der Waals surface area contributed by atoms with Gasteiger partial charge in [-0.05, 0) is 43.5 Å². The van der Waals surface area contributed by atoms with Crippen LogP contribution in [0, 0.1) is 5.82 Å². The third kappa shape index (κ3) is 4.79. The molecular formula is C17H19FN4O3. The van der Waals surface area contributed by atoms with Crippen molar-refractivity contribution in [2.24, 2.45) is 0 Å². The molecule has 3 N–H and O–H groups in total. The molecule has 7 nitrogen and oxygen atoms in total. The van der Waals surface area contributed by atoms with Crippen LogP contribution in [0.2, 0.25) is 0 Å². The number of imidazole rings is 1. The summed E-state index contributed by atoms with van der Waals surface area (Å²) in [6, 6.07) is 5.48. The number of nitrogens with one attached hydrogen (secondary N) is 3. The summed E-state index contributed by atoms with van der Waals surface area (Å²) >= 11 is 0. The Morgan fingerprint density at radius 1 is 1.20 bits per heavy atom. The lowest BCUT2D eigenvalue weighted by Crippen LogP contribution is -2.39. The van der Waals surface area contributed by atoms with Gasteiger partial charge in [0.2, 0.25) is 0 Å². The molecule has 1 heterocycles. The van der Waals surface area contributed by atoms with Crippen LogP contribution in [-0.4, -0.2) is 40.5 Å². The van der Waals surface area contributed by atoms with Crippen LogP contribution in [0.15, 0.2) is 36.7 Å². The number of aromatic nitrogens is 2. The van der Waals surface area contributed by atoms with Crippen molar-refractivity contribution >= 4 is 11.8 Å². The number of hydrogen-bond acceptors (Lipinski definition) is 4. The second-order valence-electron chi connectivity index (χ2n) is 5.93. The Morgan fingerprint density at radius 3 is 2.60 bits per heavy atom. The molecule has 8 heteroatoms. The van der Waals surface area contributed by atoms with Crippen LogP contribution in [0.25, 0.3) is 0 Å². The molecule has 0 bridgehead atoms. The maximum Gasteiger partial charge on any atom is 0.287 e. The Morgan fingerprint density at radius 2 is 1.92 bits per heavy atom. The number of aromatic amines is 1. The van der Waals surface area contributed by atoms with Gasteiger partial charge in [-0.1, -0.05) is 0 Å². The van der Waals surface area contributed by atoms with Crippen molar-refractivity contribution < 1.29 is 18.7 Å². The summed E-state index contributed by atoms with van der Waals surface area (Å²) in [6.45, 7) is -0.133. The summed E-state index contributed by atoms with van der Waals surface area (Å²) < 4.78 is 18.1. The molecule has 132 valence electrons. The van der Waals surface area contributed by atoms with Gasteiger partial charge in [0.05, 0.1) is 0 Å². The molecule has 1 fully saturated rings. The highest BCUT2D eigenvalue weighted by molar-refractivity contribution is 5.90. The van der Waals surface area contributed by atoms with Crippen LogP contribution < -0.4 is 15.4 Å². The second kappa shape index (κ2) is 7.78. The Hall–Kier alpha value is -2.90. The quantitative estimate of drug-likeness (QED) is 0.736. The van der Waals surface area contributed by atoms with Crippen molar-refractivity contribution in [1.82, 2.24) is 20.6 Å². The standard InChI is InChI=1S/C17H19FN4O3/c18-11-1-5-14(6-2-11)25-10-15(23)21-12-3-4-13(9-12)22-17(24)16-19-7-8-20-16/h1-2,5-8,12-13H,3-4,9-10H2,(H,19,20)(H,21,23)(H,22,24)/t12-,13+/m1/s1. The number of H-pyrrole nitrogens is 1. The zero-order valence-corrected chi connectivity index (χ0v) is 13.5. The highest BCUT2D eigenvalue weighted by Gasteiger charge is 2.27. The van der Waals surface area contributed by atoms with Gasteiger partial charge in [0.1, 0.15) is 11.6 Å². The molecule has 0 spiro atoms. The van der Waals surface area contributed by atoms with Crippen LogP contribution in [-0.2, 0) is 4.79 Å². The van der Waals surface area contributed by atoms with E-state index in [0.717, 1.165) is 12.8 Å². The zero-order valence-electron chi connectivity index (χ0n) is 13.5. The zero-order chi connectivity index (χ0) is 17.6. The molecule has 2 aromatic rings. The van der Waals surface area contributed by atoms with Crippen LogP contribution >= 0.6 is 0 Å². The molecule has 0 aliphatic heterocycles. The monoisotopic (exact) mass is 346 g/mol. The lowest BCUT2D eigenvalue weighted by atomic mass is 10.2. The molecule has 1 aliphatic rings. The normalized spacial score (nSPS) is 19.4. The fourth-order valence-corrected chi connectivity index (χ4v) is 2.84. The topological polar surface area (TPSA) is 96.1 Å². The molecule has 1 aromatic carbocycles. The van der Waals surface area contributed by atoms with Gasteiger partial charge in [0, 0.05) is 24.5 Å². The molecule has 1 saturated carbocycles. The number of hydrogen-bond donors (Lipinski definition) is 3. The van der Waals surface area contributed by atoms with Crippen molar-refractivity contribution in [3.63, 3.8) is 0 Å². The van der Waals surface area contributed by atoms with E-state index < -0.39 is 0 Å². The highest BCUT2D eigenvalue weighted by atomic mass is 19.1. The Balaban J connectivity index is 1.39. The molecule has 1 aromatic heterocycles. The Labute approximate surface area is 144 Å². The van der Waals surface area contributed by atoms with E-state index >= 15 is 0 Å². The number of benzene rings is 1. The summed E-state index contributed by atoms with van der Waals surface area (Å²) in [5.41, 5.74) is 0. The van der Waals surface area contributed by atoms with E-state index in [9.17, 15) is 14.0 Å². The molecule has 0 unspecified atom stereocenters. The van der Waals surface area contributed by atoms with E-state index in [-0.39, 0.29) is 42.1 Å². The number of carbonyl (C=O) groups excluding carboxylic acids is 2. The van der Waals surface area contributed by atoms with Crippen LogP contribution in [0.4, 0.5) is 4.39 Å². The predicted molar refractivity (Wildman–Crippen MR) is 87.5 cm³/mol. The SMILES string of the molecule is O=C(COc1ccc(F)cc1)N[C@@H]1CC[C@H](NC(=O)c2ncc[nH]2)C1. The van der Waals surface area contributed by atoms with Gasteiger partial charge >= 0.3 is 0 Å². The number of halogens is 1. The molecular weight excluding hydrogens is 327 g/mol. The predicted octanol–water partition coefficient (Wildman–Crippen LogP) is 1.39. The van der Waals surface area contributed by atoms with Gasteiger partial charge in [-0.3, -0.25) is 9.59 Å². The molecule has 1 aliphatic carbocycles. The highest BCUT2D eigenvalue weighted by Crippen LogP contribution is 2.19. The van der Waals surface area contributed by atoms with E-state index in [1.807, 2.05) is 0 Å². The lowest BCUT2D eigenvalue weighted by Gasteiger charge is -2.14. The first-order chi connectivity index (χ1) is 12.1. The Kier molecular flexibility index (Phi) is 5.27. The van der Waals surface area contributed by atoms with E-state index in [1.54, 1.807) is 6.20 Å². The van der Waals surface area contributed by atoms with Gasteiger partial charge in [0.25, 0.3) is 11.8 Å². The average Bonchev–Trinajstić information content (AvgIpc) is 3.26. The van der Waals surface area contributed by atoms with Crippen molar-refractivity contribution in [2.75, 3.05) is 6.61 Å². The van der Waals surface area contributed by atoms with Gasteiger partial charge in [0.15, 0.2) is 12.4 Å². The minimum atomic E-state index is -0.356. The molecule has 0 saturated heterocycles. The molecule has 2 amide bonds.